The van der Waals surface area contributed by atoms with E-state index in [0.29, 0.717) is 0 Å². The molecule has 0 saturated heterocycles. The summed E-state index contributed by atoms with van der Waals surface area (Å²) < 4.78 is 40.4. The number of aryl methyl sites for hydroxylation is 1. The van der Waals surface area contributed by atoms with Gasteiger partial charge in [0.05, 0.1) is 12.6 Å². The zero-order valence-corrected chi connectivity index (χ0v) is 9.71. The van der Waals surface area contributed by atoms with Crippen LogP contribution in [0, 0.1) is 6.92 Å². The Labute approximate surface area is 98.0 Å². The molecule has 1 heterocycles. The minimum atomic E-state index is -4.29. The molecule has 0 bridgehead atoms. The Bertz CT molecular complexity index is 355. The fourth-order valence-electron chi connectivity index (χ4n) is 1.41. The summed E-state index contributed by atoms with van der Waals surface area (Å²) in [6.45, 7) is 0.603. The van der Waals surface area contributed by atoms with Gasteiger partial charge in [-0.15, -0.1) is 0 Å². The molecule has 0 fully saturated rings. The topological polar surface area (TPSA) is 34.1 Å². The molecule has 1 aromatic rings. The van der Waals surface area contributed by atoms with E-state index in [2.05, 4.69) is 15.0 Å². The van der Waals surface area contributed by atoms with Gasteiger partial charge in [-0.2, -0.15) is 13.2 Å². The highest BCUT2D eigenvalue weighted by Gasteiger charge is 2.28. The highest BCUT2D eigenvalue weighted by atomic mass is 19.4. The van der Waals surface area contributed by atoms with E-state index >= 15 is 0 Å². The maximum atomic E-state index is 11.9. The normalized spacial score (nSPS) is 13.7. The molecule has 1 N–H and O–H groups in total. The first kappa shape index (κ1) is 13.9. The summed E-state index contributed by atoms with van der Waals surface area (Å²) in [7, 11) is 1.67. The van der Waals surface area contributed by atoms with Crippen molar-refractivity contribution in [1.29, 1.82) is 0 Å². The second-order valence-electron chi connectivity index (χ2n) is 3.77. The number of hydrogen-bond donors (Lipinski definition) is 1. The minimum Gasteiger partial charge on any atom is -0.370 e. The number of alkyl halides is 3. The van der Waals surface area contributed by atoms with E-state index in [1.165, 1.54) is 0 Å². The van der Waals surface area contributed by atoms with E-state index in [4.69, 9.17) is 0 Å². The number of likely N-dealkylation sites (N-methyl/N-ethyl adjacent to an activating group) is 1. The largest absolute Gasteiger partial charge is 0.411 e. The lowest BCUT2D eigenvalue weighted by atomic mass is 10.1. The zero-order valence-electron chi connectivity index (χ0n) is 9.71. The third-order valence-corrected chi connectivity index (χ3v) is 2.20. The summed E-state index contributed by atoms with van der Waals surface area (Å²) in [6, 6.07) is 1.58. The first-order valence-corrected chi connectivity index (χ1v) is 5.15. The van der Waals surface area contributed by atoms with Crippen LogP contribution in [0.2, 0.25) is 0 Å². The highest BCUT2D eigenvalue weighted by Crippen LogP contribution is 2.17. The van der Waals surface area contributed by atoms with E-state index in [9.17, 15) is 13.2 Å². The molecule has 1 rings (SSSR count). The molecule has 0 aliphatic heterocycles. The molecule has 0 amide bonds. The number of halogens is 3. The predicted octanol–water partition coefficient (Wildman–Crippen LogP) is 2.23. The van der Waals surface area contributed by atoms with Crippen molar-refractivity contribution in [2.75, 3.05) is 20.3 Å². The number of pyridine rings is 1. The fourth-order valence-corrected chi connectivity index (χ4v) is 1.41. The average Bonchev–Trinajstić information content (AvgIpc) is 2.23. The molecule has 0 radical (unpaired) electrons. The maximum Gasteiger partial charge on any atom is 0.411 e. The van der Waals surface area contributed by atoms with Crippen LogP contribution in [0.25, 0.3) is 0 Å². The Morgan fingerprint density at radius 1 is 1.41 bits per heavy atom. The van der Waals surface area contributed by atoms with Gasteiger partial charge in [0.2, 0.25) is 0 Å². The van der Waals surface area contributed by atoms with Crippen molar-refractivity contribution in [3.05, 3.63) is 29.6 Å². The Morgan fingerprint density at radius 3 is 2.65 bits per heavy atom. The van der Waals surface area contributed by atoms with Crippen molar-refractivity contribution in [3.63, 3.8) is 0 Å². The molecule has 6 heteroatoms. The maximum absolute atomic E-state index is 11.9. The molecule has 1 atom stereocenters. The van der Waals surface area contributed by atoms with Gasteiger partial charge in [-0.3, -0.25) is 4.98 Å². The number of nitrogens with zero attached hydrogens (tertiary/aromatic N) is 1. The summed E-state index contributed by atoms with van der Waals surface area (Å²) >= 11 is 0. The van der Waals surface area contributed by atoms with Crippen LogP contribution >= 0.6 is 0 Å². The van der Waals surface area contributed by atoms with Gasteiger partial charge in [0.15, 0.2) is 0 Å². The van der Waals surface area contributed by atoms with E-state index in [1.807, 2.05) is 13.0 Å². The Balaban J connectivity index is 2.54. The lowest BCUT2D eigenvalue weighted by Crippen LogP contribution is -2.25. The molecule has 3 nitrogen and oxygen atoms in total. The Hall–Kier alpha value is -1.14. The molecule has 0 spiro atoms. The van der Waals surface area contributed by atoms with Crippen molar-refractivity contribution >= 4 is 0 Å². The van der Waals surface area contributed by atoms with Gasteiger partial charge in [-0.1, -0.05) is 6.07 Å². The number of aromatic nitrogens is 1. The number of ether oxygens (including phenoxy) is 1. The van der Waals surface area contributed by atoms with Gasteiger partial charge < -0.3 is 10.1 Å². The van der Waals surface area contributed by atoms with E-state index < -0.39 is 12.8 Å². The summed E-state index contributed by atoms with van der Waals surface area (Å²) in [4.78, 5) is 3.99. The van der Waals surface area contributed by atoms with Crippen molar-refractivity contribution in [2.45, 2.75) is 19.1 Å². The summed E-state index contributed by atoms with van der Waals surface area (Å²) in [6.07, 6.45) is -0.985. The van der Waals surface area contributed by atoms with Crippen LogP contribution in [0.5, 0.6) is 0 Å². The van der Waals surface area contributed by atoms with Crippen LogP contribution in [0.15, 0.2) is 18.5 Å². The lowest BCUT2D eigenvalue weighted by molar-refractivity contribution is -0.175. The van der Waals surface area contributed by atoms with Crippen molar-refractivity contribution in [2.24, 2.45) is 0 Å². The molecule has 0 aromatic carbocycles. The molecule has 96 valence electrons. The number of nitrogens with one attached hydrogen (secondary N) is 1. The second-order valence-corrected chi connectivity index (χ2v) is 3.77. The van der Waals surface area contributed by atoms with Gasteiger partial charge in [0.1, 0.15) is 6.61 Å². The van der Waals surface area contributed by atoms with E-state index in [0.717, 1.165) is 11.1 Å². The summed E-state index contributed by atoms with van der Waals surface area (Å²) in [5, 5.41) is 2.90. The molecule has 0 aliphatic carbocycles. The Morgan fingerprint density at radius 2 is 2.12 bits per heavy atom. The molecular weight excluding hydrogens is 233 g/mol. The average molecular weight is 248 g/mol. The van der Waals surface area contributed by atoms with Crippen molar-refractivity contribution in [1.82, 2.24) is 10.3 Å². The van der Waals surface area contributed by atoms with Crippen LogP contribution in [0.3, 0.4) is 0 Å². The third-order valence-electron chi connectivity index (χ3n) is 2.20. The van der Waals surface area contributed by atoms with Gasteiger partial charge in [0, 0.05) is 12.4 Å². The van der Waals surface area contributed by atoms with E-state index in [1.54, 1.807) is 19.4 Å². The first-order chi connectivity index (χ1) is 7.92. The predicted molar refractivity (Wildman–Crippen MR) is 57.6 cm³/mol. The third kappa shape index (κ3) is 5.14. The second kappa shape index (κ2) is 5.97. The summed E-state index contributed by atoms with van der Waals surface area (Å²) in [5.74, 6) is 0. The molecule has 1 aromatic heterocycles. The monoisotopic (exact) mass is 248 g/mol. The van der Waals surface area contributed by atoms with Gasteiger partial charge in [0.25, 0.3) is 0 Å². The van der Waals surface area contributed by atoms with Gasteiger partial charge >= 0.3 is 6.18 Å². The van der Waals surface area contributed by atoms with E-state index in [-0.39, 0.29) is 12.6 Å². The van der Waals surface area contributed by atoms with Crippen LogP contribution in [0.4, 0.5) is 13.2 Å². The van der Waals surface area contributed by atoms with Crippen molar-refractivity contribution < 1.29 is 17.9 Å². The molecule has 0 saturated carbocycles. The molecule has 1 unspecified atom stereocenters. The van der Waals surface area contributed by atoms with Crippen LogP contribution in [0.1, 0.15) is 17.2 Å². The molecule has 17 heavy (non-hydrogen) atoms. The quantitative estimate of drug-likeness (QED) is 0.867. The Kier molecular flexibility index (Phi) is 4.89. The zero-order chi connectivity index (χ0) is 12.9. The number of rotatable bonds is 5. The van der Waals surface area contributed by atoms with Crippen LogP contribution in [-0.2, 0) is 4.74 Å². The number of hydrogen-bond acceptors (Lipinski definition) is 3. The van der Waals surface area contributed by atoms with Crippen LogP contribution in [-0.4, -0.2) is 31.4 Å². The minimum absolute atomic E-state index is 0.0405. The first-order valence-electron chi connectivity index (χ1n) is 5.15. The van der Waals surface area contributed by atoms with Crippen molar-refractivity contribution in [3.8, 4) is 0 Å². The van der Waals surface area contributed by atoms with Gasteiger partial charge in [-0.25, -0.2) is 0 Å². The summed E-state index contributed by atoms with van der Waals surface area (Å²) in [5.41, 5.74) is 1.77. The highest BCUT2D eigenvalue weighted by molar-refractivity contribution is 5.20. The standard InChI is InChI=1S/C11H15F3N2O/c1-8-3-9(5-16-4-8)10(15-2)6-17-7-11(12,13)14/h3-5,10,15H,6-7H2,1-2H3. The smallest absolute Gasteiger partial charge is 0.370 e. The van der Waals surface area contributed by atoms with Gasteiger partial charge in [-0.05, 0) is 25.1 Å². The van der Waals surface area contributed by atoms with Crippen LogP contribution < -0.4 is 5.32 Å². The molecule has 0 aliphatic rings. The molecular formula is C11H15F3N2O. The lowest BCUT2D eigenvalue weighted by Gasteiger charge is -2.17. The SMILES string of the molecule is CNC(COCC(F)(F)F)c1cncc(C)c1. The fraction of sp³-hybridized carbons (Fsp3) is 0.545.